The zero-order chi connectivity index (χ0) is 12.0. The Hall–Kier alpha value is -2.15. The van der Waals surface area contributed by atoms with Gasteiger partial charge in [0.25, 0.3) is 0 Å². The van der Waals surface area contributed by atoms with E-state index in [0.717, 1.165) is 0 Å². The van der Waals surface area contributed by atoms with Gasteiger partial charge in [0.1, 0.15) is 6.61 Å². The van der Waals surface area contributed by atoms with Crippen LogP contribution < -0.4 is 9.47 Å². The van der Waals surface area contributed by atoms with E-state index >= 15 is 0 Å². The van der Waals surface area contributed by atoms with Crippen molar-refractivity contribution in [2.45, 2.75) is 6.92 Å². The molecule has 1 N–H and O–H groups in total. The van der Waals surface area contributed by atoms with Crippen molar-refractivity contribution in [2.75, 3.05) is 13.7 Å². The average molecular weight is 220 g/mol. The molecule has 84 valence electrons. The number of ether oxygens (including phenoxy) is 2. The van der Waals surface area contributed by atoms with Crippen LogP contribution in [0.15, 0.2) is 18.2 Å². The van der Waals surface area contributed by atoms with E-state index in [1.807, 2.05) is 0 Å². The highest BCUT2D eigenvalue weighted by molar-refractivity contribution is 5.88. The highest BCUT2D eigenvalue weighted by atomic mass is 16.5. The molecule has 1 aromatic rings. The lowest BCUT2D eigenvalue weighted by Crippen LogP contribution is -2.00. The molecule has 0 radical (unpaired) electrons. The van der Waals surface area contributed by atoms with Crippen LogP contribution in [0.5, 0.6) is 11.5 Å². The SMILES string of the molecule is CC#CCOc1ccc(C(=O)O)cc1OC. The van der Waals surface area contributed by atoms with E-state index in [4.69, 9.17) is 14.6 Å². The van der Waals surface area contributed by atoms with E-state index in [9.17, 15) is 4.79 Å². The summed E-state index contributed by atoms with van der Waals surface area (Å²) in [5.41, 5.74) is 0.158. The Labute approximate surface area is 93.8 Å². The number of aromatic carboxylic acids is 1. The smallest absolute Gasteiger partial charge is 0.335 e. The lowest BCUT2D eigenvalue weighted by molar-refractivity contribution is 0.0696. The van der Waals surface area contributed by atoms with Crippen molar-refractivity contribution in [2.24, 2.45) is 0 Å². The fraction of sp³-hybridized carbons (Fsp3) is 0.250. The third-order valence-corrected chi connectivity index (χ3v) is 1.89. The maximum atomic E-state index is 10.7. The Morgan fingerprint density at radius 1 is 1.44 bits per heavy atom. The lowest BCUT2D eigenvalue weighted by Gasteiger charge is -2.08. The summed E-state index contributed by atoms with van der Waals surface area (Å²) in [7, 11) is 1.46. The second-order valence-corrected chi connectivity index (χ2v) is 2.89. The summed E-state index contributed by atoms with van der Waals surface area (Å²) in [5, 5.41) is 8.79. The molecule has 0 saturated carbocycles. The summed E-state index contributed by atoms with van der Waals surface area (Å²) >= 11 is 0. The Bertz CT molecular complexity index is 440. The first-order valence-corrected chi connectivity index (χ1v) is 4.62. The number of carboxylic acid groups (broad SMARTS) is 1. The number of methoxy groups -OCH3 is 1. The van der Waals surface area contributed by atoms with Crippen molar-refractivity contribution in [1.29, 1.82) is 0 Å². The first kappa shape index (κ1) is 11.9. The van der Waals surface area contributed by atoms with Gasteiger partial charge in [-0.15, -0.1) is 5.92 Å². The van der Waals surface area contributed by atoms with Crippen LogP contribution in [-0.4, -0.2) is 24.8 Å². The maximum Gasteiger partial charge on any atom is 0.335 e. The van der Waals surface area contributed by atoms with Crippen molar-refractivity contribution in [1.82, 2.24) is 0 Å². The molecule has 0 heterocycles. The van der Waals surface area contributed by atoms with Crippen LogP contribution >= 0.6 is 0 Å². The zero-order valence-electron chi connectivity index (χ0n) is 9.11. The van der Waals surface area contributed by atoms with Crippen LogP contribution in [-0.2, 0) is 0 Å². The predicted molar refractivity (Wildman–Crippen MR) is 58.9 cm³/mol. The molecule has 4 heteroatoms. The number of carbonyl (C=O) groups is 1. The van der Waals surface area contributed by atoms with Gasteiger partial charge in [0, 0.05) is 0 Å². The second-order valence-electron chi connectivity index (χ2n) is 2.89. The van der Waals surface area contributed by atoms with Crippen LogP contribution in [0.2, 0.25) is 0 Å². The van der Waals surface area contributed by atoms with Gasteiger partial charge in [-0.3, -0.25) is 0 Å². The fourth-order valence-corrected chi connectivity index (χ4v) is 1.11. The molecule has 0 spiro atoms. The molecule has 0 atom stereocenters. The van der Waals surface area contributed by atoms with E-state index < -0.39 is 5.97 Å². The standard InChI is InChI=1S/C12H12O4/c1-3-4-7-16-10-6-5-9(12(13)14)8-11(10)15-2/h5-6,8H,7H2,1-2H3,(H,13,14). The molecule has 0 aliphatic rings. The van der Waals surface area contributed by atoms with Crippen molar-refractivity contribution in [3.8, 4) is 23.3 Å². The summed E-state index contributed by atoms with van der Waals surface area (Å²) in [6, 6.07) is 4.43. The minimum Gasteiger partial charge on any atom is -0.493 e. The normalized spacial score (nSPS) is 8.88. The maximum absolute atomic E-state index is 10.7. The highest BCUT2D eigenvalue weighted by Crippen LogP contribution is 2.27. The first-order valence-electron chi connectivity index (χ1n) is 4.62. The van der Waals surface area contributed by atoms with Gasteiger partial charge in [-0.2, -0.15) is 0 Å². The molecule has 0 aromatic heterocycles. The molecular weight excluding hydrogens is 208 g/mol. The summed E-state index contributed by atoms with van der Waals surface area (Å²) in [6.07, 6.45) is 0. The molecule has 0 unspecified atom stereocenters. The molecular formula is C12H12O4. The average Bonchev–Trinajstić information content (AvgIpc) is 2.29. The number of carboxylic acids is 1. The van der Waals surface area contributed by atoms with Crippen molar-refractivity contribution in [3.05, 3.63) is 23.8 Å². The van der Waals surface area contributed by atoms with Crippen molar-refractivity contribution >= 4 is 5.97 Å². The Morgan fingerprint density at radius 3 is 2.75 bits per heavy atom. The molecule has 0 aliphatic heterocycles. The molecule has 0 saturated heterocycles. The molecule has 0 aliphatic carbocycles. The zero-order valence-corrected chi connectivity index (χ0v) is 9.11. The van der Waals surface area contributed by atoms with Crippen molar-refractivity contribution in [3.63, 3.8) is 0 Å². The fourth-order valence-electron chi connectivity index (χ4n) is 1.11. The summed E-state index contributed by atoms with van der Waals surface area (Å²) in [5.74, 6) is 5.30. The van der Waals surface area contributed by atoms with Gasteiger partial charge in [-0.1, -0.05) is 5.92 Å². The van der Waals surface area contributed by atoms with Crippen molar-refractivity contribution < 1.29 is 19.4 Å². The number of hydrogen-bond acceptors (Lipinski definition) is 3. The van der Waals surface area contributed by atoms with E-state index in [0.29, 0.717) is 11.5 Å². The predicted octanol–water partition coefficient (Wildman–Crippen LogP) is 1.80. The third-order valence-electron chi connectivity index (χ3n) is 1.89. The van der Waals surface area contributed by atoms with Crippen LogP contribution in [0.1, 0.15) is 17.3 Å². The monoisotopic (exact) mass is 220 g/mol. The van der Waals surface area contributed by atoms with Gasteiger partial charge in [0.15, 0.2) is 11.5 Å². The molecule has 1 rings (SSSR count). The number of hydrogen-bond donors (Lipinski definition) is 1. The minimum absolute atomic E-state index is 0.158. The van der Waals surface area contributed by atoms with Gasteiger partial charge < -0.3 is 14.6 Å². The molecule has 1 aromatic carbocycles. The highest BCUT2D eigenvalue weighted by Gasteiger charge is 2.09. The summed E-state index contributed by atoms with van der Waals surface area (Å²) in [6.45, 7) is 1.97. The quantitative estimate of drug-likeness (QED) is 0.786. The number of rotatable bonds is 4. The Balaban J connectivity index is 2.91. The van der Waals surface area contributed by atoms with Crippen LogP contribution in [0.25, 0.3) is 0 Å². The van der Waals surface area contributed by atoms with Crippen LogP contribution in [0.4, 0.5) is 0 Å². The van der Waals surface area contributed by atoms with E-state index in [1.54, 1.807) is 13.0 Å². The van der Waals surface area contributed by atoms with Gasteiger partial charge in [-0.25, -0.2) is 4.79 Å². The Morgan fingerprint density at radius 2 is 2.19 bits per heavy atom. The molecule has 0 amide bonds. The number of benzene rings is 1. The Kier molecular flexibility index (Phi) is 4.22. The minimum atomic E-state index is -1.00. The third kappa shape index (κ3) is 2.92. The first-order chi connectivity index (χ1) is 7.69. The van der Waals surface area contributed by atoms with Crippen LogP contribution in [0, 0.1) is 11.8 Å². The van der Waals surface area contributed by atoms with Gasteiger partial charge in [0.05, 0.1) is 12.7 Å². The molecule has 0 bridgehead atoms. The molecule has 4 nitrogen and oxygen atoms in total. The van der Waals surface area contributed by atoms with Gasteiger partial charge in [-0.05, 0) is 25.1 Å². The largest absolute Gasteiger partial charge is 0.493 e. The van der Waals surface area contributed by atoms with Crippen LogP contribution in [0.3, 0.4) is 0 Å². The summed E-state index contributed by atoms with van der Waals surface area (Å²) in [4.78, 5) is 10.7. The van der Waals surface area contributed by atoms with E-state index in [1.165, 1.54) is 19.2 Å². The van der Waals surface area contributed by atoms with Gasteiger partial charge >= 0.3 is 5.97 Å². The molecule has 16 heavy (non-hydrogen) atoms. The second kappa shape index (κ2) is 5.66. The molecule has 0 fully saturated rings. The summed E-state index contributed by atoms with van der Waals surface area (Å²) < 4.78 is 10.3. The van der Waals surface area contributed by atoms with E-state index in [2.05, 4.69) is 11.8 Å². The van der Waals surface area contributed by atoms with Gasteiger partial charge in [0.2, 0.25) is 0 Å². The van der Waals surface area contributed by atoms with E-state index in [-0.39, 0.29) is 12.2 Å². The topological polar surface area (TPSA) is 55.8 Å². The lowest BCUT2D eigenvalue weighted by atomic mass is 10.2.